The van der Waals surface area contributed by atoms with Gasteiger partial charge in [-0.2, -0.15) is 0 Å². The van der Waals surface area contributed by atoms with E-state index in [4.69, 9.17) is 0 Å². The molecular weight excluding hydrogens is 306 g/mol. The Morgan fingerprint density at radius 3 is 2.72 bits per heavy atom. The van der Waals surface area contributed by atoms with Gasteiger partial charge in [0.2, 0.25) is 6.41 Å². The molecule has 1 aliphatic heterocycles. The molecule has 25 heavy (non-hydrogen) atoms. The van der Waals surface area contributed by atoms with E-state index in [1.54, 1.807) is 5.56 Å². The van der Waals surface area contributed by atoms with Crippen LogP contribution in [0.3, 0.4) is 0 Å². The first-order chi connectivity index (χ1) is 12.3. The molecule has 2 bridgehead atoms. The maximum absolute atomic E-state index is 11.6. The van der Waals surface area contributed by atoms with Crippen LogP contribution in [0.4, 0.5) is 0 Å². The Morgan fingerprint density at radius 1 is 1.00 bits per heavy atom. The maximum Gasteiger partial charge on any atom is 0.209 e. The van der Waals surface area contributed by atoms with E-state index in [0.717, 1.165) is 25.8 Å². The third-order valence-corrected chi connectivity index (χ3v) is 7.12. The van der Waals surface area contributed by atoms with Crippen molar-refractivity contribution < 1.29 is 4.79 Å². The minimum absolute atomic E-state index is 0.306. The Bertz CT molecular complexity index is 799. The topological polar surface area (TPSA) is 20.3 Å². The lowest BCUT2D eigenvalue weighted by Crippen LogP contribution is -2.60. The molecule has 0 N–H and O–H groups in total. The summed E-state index contributed by atoms with van der Waals surface area (Å²) in [6.07, 6.45) is 8.51. The van der Waals surface area contributed by atoms with Gasteiger partial charge in [-0.15, -0.1) is 0 Å². The number of likely N-dealkylation sites (tertiary alicyclic amines) is 1. The number of benzene rings is 2. The predicted octanol–water partition coefficient (Wildman–Crippen LogP) is 4.57. The van der Waals surface area contributed by atoms with Crippen molar-refractivity contribution in [3.05, 3.63) is 59.7 Å². The molecule has 3 atom stereocenters. The molecule has 0 unspecified atom stereocenters. The summed E-state index contributed by atoms with van der Waals surface area (Å²) in [4.78, 5) is 13.7. The van der Waals surface area contributed by atoms with Crippen molar-refractivity contribution in [2.75, 3.05) is 6.54 Å². The van der Waals surface area contributed by atoms with Gasteiger partial charge in [0.15, 0.2) is 0 Å². The third kappa shape index (κ3) is 2.19. The molecule has 1 amide bonds. The monoisotopic (exact) mass is 331 g/mol. The number of piperidine rings is 1. The number of rotatable bonds is 2. The van der Waals surface area contributed by atoms with Crippen LogP contribution in [-0.2, 0) is 16.6 Å². The highest BCUT2D eigenvalue weighted by atomic mass is 16.1. The molecule has 5 rings (SSSR count). The third-order valence-electron chi connectivity index (χ3n) is 7.12. The Hall–Kier alpha value is -2.09. The lowest BCUT2D eigenvalue weighted by Gasteiger charge is -2.58. The van der Waals surface area contributed by atoms with E-state index in [-0.39, 0.29) is 0 Å². The van der Waals surface area contributed by atoms with E-state index in [9.17, 15) is 4.79 Å². The van der Waals surface area contributed by atoms with Crippen LogP contribution in [0, 0.1) is 5.92 Å². The van der Waals surface area contributed by atoms with Crippen LogP contribution in [0.5, 0.6) is 0 Å². The van der Waals surface area contributed by atoms with Crippen molar-refractivity contribution in [3.63, 3.8) is 0 Å². The highest BCUT2D eigenvalue weighted by Gasteiger charge is 2.53. The molecule has 2 heteroatoms. The second kappa shape index (κ2) is 5.72. The van der Waals surface area contributed by atoms with E-state index in [1.807, 2.05) is 0 Å². The molecule has 2 nitrogen and oxygen atoms in total. The van der Waals surface area contributed by atoms with Crippen LogP contribution < -0.4 is 0 Å². The molecule has 2 aliphatic carbocycles. The number of hydrogen-bond acceptors (Lipinski definition) is 1. The van der Waals surface area contributed by atoms with Crippen LogP contribution in [0.1, 0.15) is 43.2 Å². The van der Waals surface area contributed by atoms with Crippen LogP contribution in [0.15, 0.2) is 48.5 Å². The van der Waals surface area contributed by atoms with Gasteiger partial charge < -0.3 is 4.90 Å². The Balaban J connectivity index is 1.65. The summed E-state index contributed by atoms with van der Waals surface area (Å²) in [6.45, 7) is 0.930. The van der Waals surface area contributed by atoms with Crippen molar-refractivity contribution in [3.8, 4) is 11.1 Å². The van der Waals surface area contributed by atoms with Crippen molar-refractivity contribution in [1.29, 1.82) is 0 Å². The number of carbonyl (C=O) groups excluding carboxylic acids is 1. The van der Waals surface area contributed by atoms with Gasteiger partial charge in [-0.1, -0.05) is 61.4 Å². The molecule has 128 valence electrons. The Kier molecular flexibility index (Phi) is 3.48. The van der Waals surface area contributed by atoms with Gasteiger partial charge in [-0.3, -0.25) is 4.79 Å². The summed E-state index contributed by atoms with van der Waals surface area (Å²) >= 11 is 0. The first-order valence-electron chi connectivity index (χ1n) is 9.72. The molecule has 0 radical (unpaired) electrons. The first-order valence-corrected chi connectivity index (χ1v) is 9.72. The van der Waals surface area contributed by atoms with Crippen LogP contribution in [-0.4, -0.2) is 23.9 Å². The molecular formula is C23H25NO. The standard InChI is InChI=1S/C23H25NO/c25-16-24-13-12-23-11-5-4-8-20(23)22(24)15-19-10-9-18(14-21(19)23)17-6-2-1-3-7-17/h1-3,6-7,9-10,14,16,20,22H,4-5,8,11-13,15H2/t20-,22+,23+/m0/s1. The van der Waals surface area contributed by atoms with Crippen molar-refractivity contribution in [2.45, 2.75) is 50.0 Å². The highest BCUT2D eigenvalue weighted by Crippen LogP contribution is 2.55. The average Bonchev–Trinajstić information content (AvgIpc) is 2.68. The number of nitrogens with zero attached hydrogens (tertiary/aromatic N) is 1. The van der Waals surface area contributed by atoms with Crippen molar-refractivity contribution in [1.82, 2.24) is 4.90 Å². The smallest absolute Gasteiger partial charge is 0.209 e. The first kappa shape index (κ1) is 15.2. The molecule has 0 aromatic heterocycles. The molecule has 3 aliphatic rings. The molecule has 1 saturated heterocycles. The number of carbonyl (C=O) groups is 1. The summed E-state index contributed by atoms with van der Waals surface area (Å²) in [5, 5.41) is 0. The number of amides is 1. The average molecular weight is 331 g/mol. The van der Waals surface area contributed by atoms with Gasteiger partial charge >= 0.3 is 0 Å². The molecule has 1 heterocycles. The van der Waals surface area contributed by atoms with Crippen molar-refractivity contribution >= 4 is 6.41 Å². The van der Waals surface area contributed by atoms with E-state index < -0.39 is 0 Å². The molecule has 2 aromatic rings. The van der Waals surface area contributed by atoms with E-state index >= 15 is 0 Å². The fourth-order valence-electron chi connectivity index (χ4n) is 5.98. The van der Waals surface area contributed by atoms with Crippen LogP contribution in [0.2, 0.25) is 0 Å². The molecule has 2 aromatic carbocycles. The van der Waals surface area contributed by atoms with E-state index in [2.05, 4.69) is 53.4 Å². The zero-order valence-corrected chi connectivity index (χ0v) is 14.7. The summed E-state index contributed by atoms with van der Waals surface area (Å²) in [6, 6.07) is 18.2. The summed E-state index contributed by atoms with van der Waals surface area (Å²) in [5.74, 6) is 0.652. The fraction of sp³-hybridized carbons (Fsp3) is 0.435. The van der Waals surface area contributed by atoms with Crippen LogP contribution >= 0.6 is 0 Å². The predicted molar refractivity (Wildman–Crippen MR) is 100 cm³/mol. The van der Waals surface area contributed by atoms with Gasteiger partial charge in [0.05, 0.1) is 0 Å². The van der Waals surface area contributed by atoms with Crippen molar-refractivity contribution in [2.24, 2.45) is 5.92 Å². The van der Waals surface area contributed by atoms with Gasteiger partial charge in [-0.25, -0.2) is 0 Å². The SMILES string of the molecule is O=CN1CC[C@]23CCCC[C@H]2[C@H]1Cc1ccc(-c2ccccc2)cc13. The molecule has 0 spiro atoms. The second-order valence-corrected chi connectivity index (χ2v) is 8.11. The zero-order valence-electron chi connectivity index (χ0n) is 14.7. The van der Waals surface area contributed by atoms with Crippen LogP contribution in [0.25, 0.3) is 11.1 Å². The van der Waals surface area contributed by atoms with Gasteiger partial charge in [0, 0.05) is 18.0 Å². The number of hydrogen-bond donors (Lipinski definition) is 0. The minimum atomic E-state index is 0.306. The number of fused-ring (bicyclic) bond motifs is 1. The van der Waals surface area contributed by atoms with E-state index in [0.29, 0.717) is 17.4 Å². The lowest BCUT2D eigenvalue weighted by atomic mass is 9.52. The Morgan fingerprint density at radius 2 is 1.88 bits per heavy atom. The normalized spacial score (nSPS) is 30.3. The van der Waals surface area contributed by atoms with Gasteiger partial charge in [-0.05, 0) is 53.9 Å². The largest absolute Gasteiger partial charge is 0.342 e. The minimum Gasteiger partial charge on any atom is -0.342 e. The maximum atomic E-state index is 11.6. The molecule has 1 saturated carbocycles. The highest BCUT2D eigenvalue weighted by molar-refractivity contribution is 5.66. The fourth-order valence-corrected chi connectivity index (χ4v) is 5.98. The summed E-state index contributed by atoms with van der Waals surface area (Å²) in [7, 11) is 0. The van der Waals surface area contributed by atoms with E-state index in [1.165, 1.54) is 42.4 Å². The summed E-state index contributed by atoms with van der Waals surface area (Å²) < 4.78 is 0. The lowest BCUT2D eigenvalue weighted by molar-refractivity contribution is -0.126. The second-order valence-electron chi connectivity index (χ2n) is 8.11. The molecule has 2 fully saturated rings. The van der Waals surface area contributed by atoms with Gasteiger partial charge in [0.1, 0.15) is 0 Å². The Labute approximate surface area is 149 Å². The van der Waals surface area contributed by atoms with Gasteiger partial charge in [0.25, 0.3) is 0 Å². The summed E-state index contributed by atoms with van der Waals surface area (Å²) in [5.41, 5.74) is 6.03. The zero-order chi connectivity index (χ0) is 16.9. The quantitative estimate of drug-likeness (QED) is 0.738.